The van der Waals surface area contributed by atoms with Gasteiger partial charge in [-0.25, -0.2) is 4.98 Å². The molecule has 0 bridgehead atoms. The molecule has 3 aromatic heterocycles. The lowest BCUT2D eigenvalue weighted by Crippen LogP contribution is -2.18. The van der Waals surface area contributed by atoms with Crippen LogP contribution in [0.1, 0.15) is 5.56 Å². The Labute approximate surface area is 178 Å². The first kappa shape index (κ1) is 20.0. The summed E-state index contributed by atoms with van der Waals surface area (Å²) in [6, 6.07) is 11.1. The van der Waals surface area contributed by atoms with Gasteiger partial charge in [0.05, 0.1) is 12.8 Å². The maximum atomic E-state index is 11.5. The van der Waals surface area contributed by atoms with E-state index in [4.69, 9.17) is 15.2 Å². The van der Waals surface area contributed by atoms with Crippen molar-refractivity contribution in [3.05, 3.63) is 66.7 Å². The molecule has 0 radical (unpaired) electrons. The molecular weight excluding hydrogens is 396 g/mol. The van der Waals surface area contributed by atoms with Crippen LogP contribution in [0.15, 0.2) is 61.2 Å². The highest BCUT2D eigenvalue weighted by Crippen LogP contribution is 2.33. The highest BCUT2D eigenvalue weighted by atomic mass is 16.5. The molecule has 2 N–H and O–H groups in total. The maximum absolute atomic E-state index is 11.5. The van der Waals surface area contributed by atoms with E-state index in [0.29, 0.717) is 28.5 Å². The lowest BCUT2D eigenvalue weighted by atomic mass is 10.0. The molecule has 156 valence electrons. The van der Waals surface area contributed by atoms with E-state index in [0.717, 1.165) is 11.1 Å². The number of nitrogens with zero attached hydrogens (tertiary/aromatic N) is 5. The summed E-state index contributed by atoms with van der Waals surface area (Å²) in [5, 5.41) is 4.58. The van der Waals surface area contributed by atoms with Gasteiger partial charge in [0, 0.05) is 35.9 Å². The summed E-state index contributed by atoms with van der Waals surface area (Å²) < 4.78 is 12.6. The van der Waals surface area contributed by atoms with Crippen LogP contribution in [0.3, 0.4) is 0 Å². The SMILES string of the molecule is COc1cc(C)cc(-c2nn(CC(N)=O)cc2-c2ccnc(Oc3ccncc3)n2)c1. The molecule has 0 fully saturated rings. The highest BCUT2D eigenvalue weighted by Gasteiger charge is 2.17. The molecule has 0 aliphatic heterocycles. The van der Waals surface area contributed by atoms with Crippen molar-refractivity contribution in [3.63, 3.8) is 0 Å². The minimum absolute atomic E-state index is 0.0542. The number of hydrogen-bond acceptors (Lipinski definition) is 7. The predicted octanol–water partition coefficient (Wildman–Crippen LogP) is 3.00. The molecule has 4 aromatic rings. The molecule has 3 heterocycles. The molecule has 0 aliphatic carbocycles. The van der Waals surface area contributed by atoms with Crippen LogP contribution in [0.2, 0.25) is 0 Å². The van der Waals surface area contributed by atoms with Crippen molar-refractivity contribution < 1.29 is 14.3 Å². The van der Waals surface area contributed by atoms with Crippen molar-refractivity contribution in [2.75, 3.05) is 7.11 Å². The van der Waals surface area contributed by atoms with E-state index in [1.165, 1.54) is 4.68 Å². The second kappa shape index (κ2) is 8.62. The standard InChI is InChI=1S/C22H20N6O3/c1-14-9-15(11-17(10-14)30-2)21-18(12-28(27-21)13-20(23)29)19-5-8-25-22(26-19)31-16-3-6-24-7-4-16/h3-12H,13H2,1-2H3,(H2,23,29). The van der Waals surface area contributed by atoms with Gasteiger partial charge in [-0.1, -0.05) is 0 Å². The molecule has 9 heteroatoms. The number of carbonyl (C=O) groups is 1. The summed E-state index contributed by atoms with van der Waals surface area (Å²) in [7, 11) is 1.61. The van der Waals surface area contributed by atoms with Gasteiger partial charge in [-0.3, -0.25) is 14.5 Å². The summed E-state index contributed by atoms with van der Waals surface area (Å²) in [5.41, 5.74) is 9.13. The van der Waals surface area contributed by atoms with Gasteiger partial charge in [0.1, 0.15) is 23.7 Å². The van der Waals surface area contributed by atoms with Gasteiger partial charge < -0.3 is 15.2 Å². The fourth-order valence-electron chi connectivity index (χ4n) is 3.12. The fourth-order valence-corrected chi connectivity index (χ4v) is 3.12. The Bertz CT molecular complexity index is 1220. The van der Waals surface area contributed by atoms with Crippen LogP contribution in [0.25, 0.3) is 22.5 Å². The van der Waals surface area contributed by atoms with Crippen molar-refractivity contribution in [2.24, 2.45) is 5.73 Å². The number of hydrogen-bond donors (Lipinski definition) is 1. The third-order valence-electron chi connectivity index (χ3n) is 4.41. The minimum atomic E-state index is -0.494. The average Bonchev–Trinajstić information content (AvgIpc) is 3.17. The van der Waals surface area contributed by atoms with Crippen LogP contribution in [0.5, 0.6) is 17.5 Å². The number of aromatic nitrogens is 5. The number of amides is 1. The van der Waals surface area contributed by atoms with E-state index in [-0.39, 0.29) is 12.6 Å². The number of aryl methyl sites for hydroxylation is 1. The van der Waals surface area contributed by atoms with E-state index < -0.39 is 5.91 Å². The van der Waals surface area contributed by atoms with Gasteiger partial charge >= 0.3 is 6.01 Å². The first-order valence-corrected chi connectivity index (χ1v) is 9.45. The van der Waals surface area contributed by atoms with Crippen LogP contribution in [-0.4, -0.2) is 37.7 Å². The molecule has 31 heavy (non-hydrogen) atoms. The third kappa shape index (κ3) is 4.67. The molecule has 4 rings (SSSR count). The van der Waals surface area contributed by atoms with Crippen molar-refractivity contribution in [2.45, 2.75) is 13.5 Å². The van der Waals surface area contributed by atoms with Gasteiger partial charge in [0.15, 0.2) is 0 Å². The van der Waals surface area contributed by atoms with Crippen LogP contribution < -0.4 is 15.2 Å². The van der Waals surface area contributed by atoms with Crippen molar-refractivity contribution in [3.8, 4) is 40.0 Å². The van der Waals surface area contributed by atoms with E-state index in [1.807, 2.05) is 25.1 Å². The van der Waals surface area contributed by atoms with Crippen molar-refractivity contribution >= 4 is 5.91 Å². The summed E-state index contributed by atoms with van der Waals surface area (Å²) in [6.45, 7) is 1.92. The smallest absolute Gasteiger partial charge is 0.322 e. The molecule has 0 saturated heterocycles. The Kier molecular flexibility index (Phi) is 5.57. The summed E-state index contributed by atoms with van der Waals surface area (Å²) in [5.74, 6) is 0.779. The normalized spacial score (nSPS) is 10.6. The quantitative estimate of drug-likeness (QED) is 0.492. The zero-order valence-electron chi connectivity index (χ0n) is 17.0. The summed E-state index contributed by atoms with van der Waals surface area (Å²) in [4.78, 5) is 24.1. The Morgan fingerprint density at radius 2 is 1.90 bits per heavy atom. The number of nitrogens with two attached hydrogens (primary N) is 1. The van der Waals surface area contributed by atoms with Crippen molar-refractivity contribution in [1.82, 2.24) is 24.7 Å². The van der Waals surface area contributed by atoms with Crippen LogP contribution in [0, 0.1) is 6.92 Å². The Hall–Kier alpha value is -4.27. The molecule has 0 spiro atoms. The van der Waals surface area contributed by atoms with Gasteiger partial charge in [-0.15, -0.1) is 0 Å². The lowest BCUT2D eigenvalue weighted by molar-refractivity contribution is -0.118. The summed E-state index contributed by atoms with van der Waals surface area (Å²) >= 11 is 0. The van der Waals surface area contributed by atoms with Gasteiger partial charge in [-0.2, -0.15) is 10.1 Å². The number of ether oxygens (including phenoxy) is 2. The topological polar surface area (TPSA) is 118 Å². The largest absolute Gasteiger partial charge is 0.497 e. The first-order valence-electron chi connectivity index (χ1n) is 9.45. The van der Waals surface area contributed by atoms with E-state index in [2.05, 4.69) is 20.1 Å². The minimum Gasteiger partial charge on any atom is -0.497 e. The van der Waals surface area contributed by atoms with Gasteiger partial charge in [0.2, 0.25) is 5.91 Å². The number of benzene rings is 1. The van der Waals surface area contributed by atoms with Crippen LogP contribution >= 0.6 is 0 Å². The van der Waals surface area contributed by atoms with Gasteiger partial charge in [-0.05, 0) is 48.9 Å². The number of primary amides is 1. The van der Waals surface area contributed by atoms with E-state index >= 15 is 0 Å². The second-order valence-electron chi connectivity index (χ2n) is 6.80. The van der Waals surface area contributed by atoms with Gasteiger partial charge in [0.25, 0.3) is 0 Å². The number of pyridine rings is 1. The average molecular weight is 416 g/mol. The zero-order valence-corrected chi connectivity index (χ0v) is 17.0. The zero-order chi connectivity index (χ0) is 21.8. The molecular formula is C22H20N6O3. The molecule has 9 nitrogen and oxygen atoms in total. The van der Waals surface area contributed by atoms with Crippen molar-refractivity contribution in [1.29, 1.82) is 0 Å². The number of methoxy groups -OCH3 is 1. The van der Waals surface area contributed by atoms with E-state index in [1.54, 1.807) is 50.1 Å². The molecule has 1 aromatic carbocycles. The van der Waals surface area contributed by atoms with Crippen LogP contribution in [0.4, 0.5) is 0 Å². The molecule has 0 aliphatic rings. The Balaban J connectivity index is 1.79. The lowest BCUT2D eigenvalue weighted by Gasteiger charge is -2.08. The molecule has 0 atom stereocenters. The summed E-state index contributed by atoms with van der Waals surface area (Å²) in [6.07, 6.45) is 6.57. The number of carbonyl (C=O) groups excluding carboxylic acids is 1. The Morgan fingerprint density at radius 3 is 2.65 bits per heavy atom. The monoisotopic (exact) mass is 416 g/mol. The maximum Gasteiger partial charge on any atom is 0.322 e. The molecule has 1 amide bonds. The molecule has 0 saturated carbocycles. The molecule has 0 unspecified atom stereocenters. The van der Waals surface area contributed by atoms with E-state index in [9.17, 15) is 4.79 Å². The third-order valence-corrected chi connectivity index (χ3v) is 4.41. The van der Waals surface area contributed by atoms with Crippen LogP contribution in [-0.2, 0) is 11.3 Å². The Morgan fingerprint density at radius 1 is 1.10 bits per heavy atom. The first-order chi connectivity index (χ1) is 15.0. The predicted molar refractivity (Wildman–Crippen MR) is 113 cm³/mol. The fraction of sp³-hybridized carbons (Fsp3) is 0.136. The number of rotatable bonds is 7. The second-order valence-corrected chi connectivity index (χ2v) is 6.80. The highest BCUT2D eigenvalue weighted by molar-refractivity contribution is 5.80.